The predicted octanol–water partition coefficient (Wildman–Crippen LogP) is 1.74. The van der Waals surface area contributed by atoms with Crippen molar-refractivity contribution in [1.82, 2.24) is 5.32 Å². The van der Waals surface area contributed by atoms with Crippen molar-refractivity contribution in [2.45, 2.75) is 26.4 Å². The van der Waals surface area contributed by atoms with Crippen molar-refractivity contribution < 1.29 is 19.0 Å². The van der Waals surface area contributed by atoms with Crippen LogP contribution in [-0.4, -0.2) is 32.8 Å². The maximum atomic E-state index is 11.5. The fraction of sp³-hybridized carbons (Fsp3) is 0.500. The Morgan fingerprint density at radius 2 is 2.05 bits per heavy atom. The van der Waals surface area contributed by atoms with Gasteiger partial charge < -0.3 is 19.5 Å². The molecule has 0 fully saturated rings. The fourth-order valence-corrected chi connectivity index (χ4v) is 1.63. The molecule has 1 unspecified atom stereocenters. The highest BCUT2D eigenvalue weighted by Crippen LogP contribution is 2.23. The molecule has 0 saturated heterocycles. The summed E-state index contributed by atoms with van der Waals surface area (Å²) in [6.07, 6.45) is 0. The zero-order valence-electron chi connectivity index (χ0n) is 11.9. The Morgan fingerprint density at radius 1 is 1.32 bits per heavy atom. The van der Waals surface area contributed by atoms with Crippen molar-refractivity contribution in [3.05, 3.63) is 23.8 Å². The molecular formula is C14H21NO4. The van der Waals surface area contributed by atoms with Crippen molar-refractivity contribution in [3.63, 3.8) is 0 Å². The molecule has 1 N–H and O–H groups in total. The van der Waals surface area contributed by atoms with Crippen LogP contribution in [0.1, 0.15) is 19.4 Å². The lowest BCUT2D eigenvalue weighted by Crippen LogP contribution is -2.35. The molecule has 0 bridgehead atoms. The second-order valence-corrected chi connectivity index (χ2v) is 4.03. The molecule has 5 nitrogen and oxygen atoms in total. The summed E-state index contributed by atoms with van der Waals surface area (Å²) in [5.74, 6) is 1.25. The van der Waals surface area contributed by atoms with E-state index in [4.69, 9.17) is 14.2 Å². The van der Waals surface area contributed by atoms with Gasteiger partial charge in [0.05, 0.1) is 20.8 Å². The van der Waals surface area contributed by atoms with Gasteiger partial charge in [-0.1, -0.05) is 0 Å². The molecule has 1 atom stereocenters. The highest BCUT2D eigenvalue weighted by Gasteiger charge is 2.14. The third-order valence-electron chi connectivity index (χ3n) is 2.73. The Morgan fingerprint density at radius 3 is 2.63 bits per heavy atom. The number of carbonyl (C=O) groups excluding carboxylic acids is 1. The highest BCUT2D eigenvalue weighted by atomic mass is 16.5. The minimum Gasteiger partial charge on any atom is -0.497 e. The standard InChI is InChI=1S/C14H21NO4/c1-5-19-14(16)10(2)15-9-11-8-12(17-3)6-7-13(11)18-4/h6-8,10,15H,5,9H2,1-4H3. The minimum atomic E-state index is -0.365. The number of hydrogen-bond acceptors (Lipinski definition) is 5. The number of esters is 1. The van der Waals surface area contributed by atoms with Crippen LogP contribution in [0, 0.1) is 0 Å². The van der Waals surface area contributed by atoms with E-state index in [1.54, 1.807) is 28.1 Å². The van der Waals surface area contributed by atoms with Crippen LogP contribution in [0.3, 0.4) is 0 Å². The summed E-state index contributed by atoms with van der Waals surface area (Å²) >= 11 is 0. The van der Waals surface area contributed by atoms with Gasteiger partial charge in [-0.3, -0.25) is 4.79 Å². The molecule has 5 heteroatoms. The van der Waals surface area contributed by atoms with Crippen LogP contribution in [-0.2, 0) is 16.1 Å². The Balaban J connectivity index is 2.68. The number of nitrogens with one attached hydrogen (secondary N) is 1. The number of benzene rings is 1. The number of hydrogen-bond donors (Lipinski definition) is 1. The Labute approximate surface area is 113 Å². The smallest absolute Gasteiger partial charge is 0.322 e. The van der Waals surface area contributed by atoms with E-state index in [-0.39, 0.29) is 12.0 Å². The summed E-state index contributed by atoms with van der Waals surface area (Å²) < 4.78 is 15.4. The molecule has 0 aliphatic rings. The average molecular weight is 267 g/mol. The van der Waals surface area contributed by atoms with Crippen LogP contribution < -0.4 is 14.8 Å². The molecule has 0 aliphatic heterocycles. The maximum Gasteiger partial charge on any atom is 0.322 e. The molecule has 106 valence electrons. The van der Waals surface area contributed by atoms with Gasteiger partial charge in [-0.25, -0.2) is 0 Å². The highest BCUT2D eigenvalue weighted by molar-refractivity contribution is 5.75. The molecule has 0 spiro atoms. The quantitative estimate of drug-likeness (QED) is 0.763. The molecule has 0 heterocycles. The zero-order chi connectivity index (χ0) is 14.3. The molecule has 0 saturated carbocycles. The van der Waals surface area contributed by atoms with Gasteiger partial charge in [0, 0.05) is 12.1 Å². The van der Waals surface area contributed by atoms with Crippen molar-refractivity contribution >= 4 is 5.97 Å². The van der Waals surface area contributed by atoms with E-state index in [1.165, 1.54) is 0 Å². The van der Waals surface area contributed by atoms with E-state index in [0.29, 0.717) is 13.2 Å². The first kappa shape index (κ1) is 15.3. The van der Waals surface area contributed by atoms with Crippen LogP contribution in [0.4, 0.5) is 0 Å². The summed E-state index contributed by atoms with van der Waals surface area (Å²) in [7, 11) is 3.22. The van der Waals surface area contributed by atoms with Crippen LogP contribution in [0.15, 0.2) is 18.2 Å². The van der Waals surface area contributed by atoms with Gasteiger partial charge in [0.1, 0.15) is 17.5 Å². The Hall–Kier alpha value is -1.75. The van der Waals surface area contributed by atoms with Gasteiger partial charge in [0.25, 0.3) is 0 Å². The van der Waals surface area contributed by atoms with Crippen LogP contribution in [0.5, 0.6) is 11.5 Å². The SMILES string of the molecule is CCOC(=O)C(C)NCc1cc(OC)ccc1OC. The third kappa shape index (κ3) is 4.44. The van der Waals surface area contributed by atoms with Gasteiger partial charge >= 0.3 is 5.97 Å². The average Bonchev–Trinajstić information content (AvgIpc) is 2.44. The van der Waals surface area contributed by atoms with Crippen LogP contribution in [0.25, 0.3) is 0 Å². The number of methoxy groups -OCH3 is 2. The molecule has 1 aromatic rings. The normalized spacial score (nSPS) is 11.8. The molecule has 0 amide bonds. The monoisotopic (exact) mass is 267 g/mol. The van der Waals surface area contributed by atoms with E-state index < -0.39 is 0 Å². The molecular weight excluding hydrogens is 246 g/mol. The van der Waals surface area contributed by atoms with Crippen LogP contribution in [0.2, 0.25) is 0 Å². The summed E-state index contributed by atoms with van der Waals surface area (Å²) in [4.78, 5) is 11.5. The predicted molar refractivity (Wildman–Crippen MR) is 72.5 cm³/mol. The summed E-state index contributed by atoms with van der Waals surface area (Å²) in [5.41, 5.74) is 0.929. The van der Waals surface area contributed by atoms with E-state index in [2.05, 4.69) is 5.32 Å². The van der Waals surface area contributed by atoms with E-state index in [9.17, 15) is 4.79 Å². The molecule has 19 heavy (non-hydrogen) atoms. The second kappa shape index (κ2) is 7.63. The summed E-state index contributed by atoms with van der Waals surface area (Å²) in [6, 6.07) is 5.18. The second-order valence-electron chi connectivity index (χ2n) is 4.03. The van der Waals surface area contributed by atoms with Gasteiger partial charge in [0.2, 0.25) is 0 Å². The Kier molecular flexibility index (Phi) is 6.15. The van der Waals surface area contributed by atoms with Crippen molar-refractivity contribution in [2.24, 2.45) is 0 Å². The molecule has 0 radical (unpaired) electrons. The fourth-order valence-electron chi connectivity index (χ4n) is 1.63. The summed E-state index contributed by atoms with van der Waals surface area (Å²) in [5, 5.41) is 3.10. The molecule has 1 aromatic carbocycles. The van der Waals surface area contributed by atoms with Crippen molar-refractivity contribution in [2.75, 3.05) is 20.8 Å². The van der Waals surface area contributed by atoms with Gasteiger partial charge in [-0.2, -0.15) is 0 Å². The molecule has 1 rings (SSSR count). The first-order valence-electron chi connectivity index (χ1n) is 6.23. The first-order valence-corrected chi connectivity index (χ1v) is 6.23. The topological polar surface area (TPSA) is 56.8 Å². The van der Waals surface area contributed by atoms with E-state index >= 15 is 0 Å². The summed E-state index contributed by atoms with van der Waals surface area (Å²) in [6.45, 7) is 4.44. The first-order chi connectivity index (χ1) is 9.12. The van der Waals surface area contributed by atoms with E-state index in [0.717, 1.165) is 17.1 Å². The van der Waals surface area contributed by atoms with Crippen molar-refractivity contribution in [3.8, 4) is 11.5 Å². The van der Waals surface area contributed by atoms with Gasteiger partial charge in [-0.05, 0) is 32.0 Å². The Bertz CT molecular complexity index is 420. The number of ether oxygens (including phenoxy) is 3. The van der Waals surface area contributed by atoms with Gasteiger partial charge in [0.15, 0.2) is 0 Å². The van der Waals surface area contributed by atoms with Crippen molar-refractivity contribution in [1.29, 1.82) is 0 Å². The third-order valence-corrected chi connectivity index (χ3v) is 2.73. The largest absolute Gasteiger partial charge is 0.497 e. The lowest BCUT2D eigenvalue weighted by Gasteiger charge is -2.15. The minimum absolute atomic E-state index is 0.260. The lowest BCUT2D eigenvalue weighted by atomic mass is 10.1. The molecule has 0 aromatic heterocycles. The zero-order valence-corrected chi connectivity index (χ0v) is 11.9. The number of rotatable bonds is 7. The lowest BCUT2D eigenvalue weighted by molar-refractivity contribution is -0.145. The maximum absolute atomic E-state index is 11.5. The van der Waals surface area contributed by atoms with E-state index in [1.807, 2.05) is 18.2 Å². The van der Waals surface area contributed by atoms with Crippen LogP contribution >= 0.6 is 0 Å². The van der Waals surface area contributed by atoms with Gasteiger partial charge in [-0.15, -0.1) is 0 Å². The number of carbonyl (C=O) groups is 1. The molecule has 0 aliphatic carbocycles.